The fourth-order valence-corrected chi connectivity index (χ4v) is 3.58. The molecule has 3 aromatic rings. The Morgan fingerprint density at radius 2 is 1.94 bits per heavy atom. The molecule has 0 unspecified atom stereocenters. The molecule has 1 aliphatic rings. The normalized spacial score (nSPS) is 14.5. The number of carbonyl (C=O) groups excluding carboxylic acids is 2. The lowest BCUT2D eigenvalue weighted by atomic mass is 9.96. The van der Waals surface area contributed by atoms with Gasteiger partial charge in [-0.1, -0.05) is 25.9 Å². The second-order valence-corrected chi connectivity index (χ2v) is 9.75. The molecule has 9 heteroatoms. The lowest BCUT2D eigenvalue weighted by Crippen LogP contribution is -2.28. The van der Waals surface area contributed by atoms with Gasteiger partial charge in [-0.2, -0.15) is 4.98 Å². The molecule has 1 saturated carbocycles. The van der Waals surface area contributed by atoms with E-state index in [9.17, 15) is 9.59 Å². The molecule has 2 N–H and O–H groups in total. The van der Waals surface area contributed by atoms with Crippen molar-refractivity contribution in [3.8, 4) is 11.1 Å². The van der Waals surface area contributed by atoms with Gasteiger partial charge in [-0.3, -0.25) is 9.59 Å². The van der Waals surface area contributed by atoms with Gasteiger partial charge in [-0.05, 0) is 67.6 Å². The van der Waals surface area contributed by atoms with E-state index in [-0.39, 0.29) is 23.1 Å². The van der Waals surface area contributed by atoms with E-state index >= 15 is 4.39 Å². The number of hydrogen-bond acceptors (Lipinski definition) is 6. The van der Waals surface area contributed by atoms with Crippen LogP contribution in [0.4, 0.5) is 10.2 Å². The van der Waals surface area contributed by atoms with E-state index < -0.39 is 17.8 Å². The van der Waals surface area contributed by atoms with E-state index in [1.165, 1.54) is 6.07 Å². The monoisotopic (exact) mass is 465 g/mol. The van der Waals surface area contributed by atoms with Gasteiger partial charge in [0, 0.05) is 23.1 Å². The summed E-state index contributed by atoms with van der Waals surface area (Å²) in [5, 5.41) is 9.35. The van der Waals surface area contributed by atoms with Crippen LogP contribution in [0.25, 0.3) is 11.1 Å². The van der Waals surface area contributed by atoms with Crippen LogP contribution in [0.15, 0.2) is 35.0 Å². The highest BCUT2D eigenvalue weighted by atomic mass is 19.1. The Kier molecular flexibility index (Phi) is 6.20. The Morgan fingerprint density at radius 3 is 2.59 bits per heavy atom. The molecule has 1 aliphatic carbocycles. The maximum atomic E-state index is 15.1. The fraction of sp³-hybridized carbons (Fsp3) is 0.400. The molecule has 34 heavy (non-hydrogen) atoms. The molecule has 4 rings (SSSR count). The smallest absolute Gasteiger partial charge is 0.293 e. The number of rotatable bonds is 6. The van der Waals surface area contributed by atoms with E-state index in [1.807, 2.05) is 27.7 Å². The van der Waals surface area contributed by atoms with Crippen LogP contribution in [0.5, 0.6) is 0 Å². The molecule has 8 nitrogen and oxygen atoms in total. The average Bonchev–Trinajstić information content (AvgIpc) is 3.50. The standard InChI is InChI=1S/C25H28FN5O3/c1-13-10-18(16-8-9-27-20(11-16)29-22(32)15-6-7-15)19(26)12-17(13)14(2)28-23(33)21-30-24(34-31-21)25(3,4)5/h8-12,14-15H,6-7H2,1-5H3,(H,28,33)(H,27,29,32)/t14-/m1/s1. The molecule has 0 bridgehead atoms. The zero-order valence-corrected chi connectivity index (χ0v) is 19.9. The molecular formula is C25H28FN5O3. The summed E-state index contributed by atoms with van der Waals surface area (Å²) < 4.78 is 20.3. The van der Waals surface area contributed by atoms with Crippen molar-refractivity contribution in [1.29, 1.82) is 0 Å². The van der Waals surface area contributed by atoms with Gasteiger partial charge in [0.25, 0.3) is 11.7 Å². The maximum Gasteiger partial charge on any atom is 0.293 e. The number of benzene rings is 1. The summed E-state index contributed by atoms with van der Waals surface area (Å²) in [7, 11) is 0. The van der Waals surface area contributed by atoms with Gasteiger partial charge >= 0.3 is 0 Å². The minimum absolute atomic E-state index is 0.0490. The zero-order chi connectivity index (χ0) is 24.6. The van der Waals surface area contributed by atoms with Crippen LogP contribution in [0.2, 0.25) is 0 Å². The molecule has 2 amide bonds. The number of nitrogens with zero attached hydrogens (tertiary/aromatic N) is 3. The predicted molar refractivity (Wildman–Crippen MR) is 125 cm³/mol. The van der Waals surface area contributed by atoms with Crippen LogP contribution in [0.3, 0.4) is 0 Å². The summed E-state index contributed by atoms with van der Waals surface area (Å²) in [4.78, 5) is 33.0. The van der Waals surface area contributed by atoms with Gasteiger partial charge in [0.15, 0.2) is 0 Å². The van der Waals surface area contributed by atoms with Gasteiger partial charge in [-0.25, -0.2) is 9.37 Å². The number of pyridine rings is 1. The highest BCUT2D eigenvalue weighted by molar-refractivity contribution is 5.93. The molecule has 1 aromatic carbocycles. The van der Waals surface area contributed by atoms with Gasteiger partial charge < -0.3 is 15.2 Å². The van der Waals surface area contributed by atoms with Gasteiger partial charge in [-0.15, -0.1) is 0 Å². The molecule has 0 spiro atoms. The lowest BCUT2D eigenvalue weighted by molar-refractivity contribution is -0.117. The first-order chi connectivity index (χ1) is 16.0. The first-order valence-corrected chi connectivity index (χ1v) is 11.3. The predicted octanol–water partition coefficient (Wildman–Crippen LogP) is 4.72. The Morgan fingerprint density at radius 1 is 1.21 bits per heavy atom. The Balaban J connectivity index is 1.51. The number of amides is 2. The average molecular weight is 466 g/mol. The molecule has 2 heterocycles. The van der Waals surface area contributed by atoms with E-state index in [2.05, 4.69) is 25.8 Å². The summed E-state index contributed by atoms with van der Waals surface area (Å²) in [5.74, 6) is -0.259. The maximum absolute atomic E-state index is 15.1. The van der Waals surface area contributed by atoms with E-state index in [0.717, 1.165) is 18.4 Å². The van der Waals surface area contributed by atoms with Crippen molar-refractivity contribution in [2.75, 3.05) is 5.32 Å². The summed E-state index contributed by atoms with van der Waals surface area (Å²) in [6.45, 7) is 9.34. The minimum atomic E-state index is -0.499. The molecular weight excluding hydrogens is 437 g/mol. The first-order valence-electron chi connectivity index (χ1n) is 11.3. The number of aryl methyl sites for hydroxylation is 1. The summed E-state index contributed by atoms with van der Waals surface area (Å²) in [5.41, 5.74) is 2.04. The van der Waals surface area contributed by atoms with Crippen LogP contribution in [-0.2, 0) is 10.2 Å². The fourth-order valence-electron chi connectivity index (χ4n) is 3.58. The number of carbonyl (C=O) groups is 2. The number of nitrogens with one attached hydrogen (secondary N) is 2. The van der Waals surface area contributed by atoms with Crippen LogP contribution < -0.4 is 10.6 Å². The Hall–Kier alpha value is -3.62. The molecule has 2 aromatic heterocycles. The van der Waals surface area contributed by atoms with E-state index in [4.69, 9.17) is 4.52 Å². The number of aromatic nitrogens is 3. The highest BCUT2D eigenvalue weighted by Gasteiger charge is 2.30. The topological polar surface area (TPSA) is 110 Å². The number of hydrogen-bond donors (Lipinski definition) is 2. The lowest BCUT2D eigenvalue weighted by Gasteiger charge is -2.18. The number of anilines is 1. The Bertz CT molecular complexity index is 1240. The second kappa shape index (κ2) is 8.96. The minimum Gasteiger partial charge on any atom is -0.343 e. The van der Waals surface area contributed by atoms with Crippen molar-refractivity contribution in [3.05, 3.63) is 59.1 Å². The SMILES string of the molecule is Cc1cc(-c2ccnc(NC(=O)C3CC3)c2)c(F)cc1[C@@H](C)NC(=O)c1noc(C(C)(C)C)n1. The molecule has 1 atom stereocenters. The van der Waals surface area contributed by atoms with Crippen LogP contribution in [0, 0.1) is 18.7 Å². The molecule has 0 radical (unpaired) electrons. The summed E-state index contributed by atoms with van der Waals surface area (Å²) in [6, 6.07) is 6.00. The molecule has 0 saturated heterocycles. The highest BCUT2D eigenvalue weighted by Crippen LogP contribution is 2.32. The van der Waals surface area contributed by atoms with Crippen molar-refractivity contribution < 1.29 is 18.5 Å². The second-order valence-electron chi connectivity index (χ2n) is 9.75. The number of halogens is 1. The van der Waals surface area contributed by atoms with Crippen LogP contribution in [-0.4, -0.2) is 26.9 Å². The van der Waals surface area contributed by atoms with Crippen molar-refractivity contribution in [3.63, 3.8) is 0 Å². The molecule has 0 aliphatic heterocycles. The van der Waals surface area contributed by atoms with Crippen molar-refractivity contribution in [2.24, 2.45) is 5.92 Å². The largest absolute Gasteiger partial charge is 0.343 e. The summed E-state index contributed by atoms with van der Waals surface area (Å²) in [6.07, 6.45) is 3.32. The van der Waals surface area contributed by atoms with Crippen molar-refractivity contribution >= 4 is 17.6 Å². The van der Waals surface area contributed by atoms with Crippen molar-refractivity contribution in [2.45, 2.75) is 58.9 Å². The summed E-state index contributed by atoms with van der Waals surface area (Å²) >= 11 is 0. The third-order valence-electron chi connectivity index (χ3n) is 5.71. The molecule has 1 fully saturated rings. The third kappa shape index (κ3) is 5.13. The zero-order valence-electron chi connectivity index (χ0n) is 19.9. The third-order valence-corrected chi connectivity index (χ3v) is 5.71. The van der Waals surface area contributed by atoms with Crippen molar-refractivity contribution in [1.82, 2.24) is 20.4 Å². The van der Waals surface area contributed by atoms with Crippen LogP contribution in [0.1, 0.15) is 74.2 Å². The van der Waals surface area contributed by atoms with E-state index in [0.29, 0.717) is 28.4 Å². The van der Waals surface area contributed by atoms with Gasteiger partial charge in [0.05, 0.1) is 6.04 Å². The quantitative estimate of drug-likeness (QED) is 0.545. The van der Waals surface area contributed by atoms with Gasteiger partial charge in [0.2, 0.25) is 11.8 Å². The first kappa shape index (κ1) is 23.5. The molecule has 178 valence electrons. The van der Waals surface area contributed by atoms with Crippen LogP contribution >= 0.6 is 0 Å². The Labute approximate surface area is 197 Å². The van der Waals surface area contributed by atoms with E-state index in [1.54, 1.807) is 31.3 Å². The van der Waals surface area contributed by atoms with Gasteiger partial charge in [0.1, 0.15) is 11.6 Å².